The number of carbonyl (C=O) groups excluding carboxylic acids is 1. The Labute approximate surface area is 96.8 Å². The van der Waals surface area contributed by atoms with Crippen LogP contribution in [0.5, 0.6) is 0 Å². The Morgan fingerprint density at radius 2 is 1.06 bits per heavy atom. The van der Waals surface area contributed by atoms with Crippen LogP contribution in [0.3, 0.4) is 0 Å². The summed E-state index contributed by atoms with van der Waals surface area (Å²) in [4.78, 5) is 10.9. The third-order valence-corrected chi connectivity index (χ3v) is 2.27. The van der Waals surface area contributed by atoms with Gasteiger partial charge in [0.05, 0.1) is 0 Å². The lowest BCUT2D eigenvalue weighted by Crippen LogP contribution is -2.15. The molecule has 1 amide bonds. The van der Waals surface area contributed by atoms with Gasteiger partial charge in [0.25, 0.3) is 0 Å². The molecule has 0 aliphatic carbocycles. The van der Waals surface area contributed by atoms with E-state index < -0.39 is 5.91 Å². The van der Waals surface area contributed by atoms with E-state index in [2.05, 4.69) is 39.5 Å². The van der Waals surface area contributed by atoms with Crippen molar-refractivity contribution in [1.82, 2.24) is 0 Å². The summed E-state index contributed by atoms with van der Waals surface area (Å²) in [6.07, 6.45) is 0. The minimum Gasteiger partial charge on any atom is -0.366 e. The molecule has 0 atom stereocenters. The van der Waals surface area contributed by atoms with Gasteiger partial charge in [0, 0.05) is 5.57 Å². The largest absolute Gasteiger partial charge is 0.366 e. The number of rotatable bonds is 6. The molecule has 0 aliphatic heterocycles. The van der Waals surface area contributed by atoms with Crippen LogP contribution in [0, 0.1) is 0 Å². The number of nitrogens with two attached hydrogens (primary N) is 1. The van der Waals surface area contributed by atoms with E-state index in [4.69, 9.17) is 5.73 Å². The molecule has 2 nitrogen and oxygen atoms in total. The average molecular weight is 215 g/mol. The van der Waals surface area contributed by atoms with Crippen LogP contribution in [0.15, 0.2) is 72.9 Å². The quantitative estimate of drug-likeness (QED) is 0.537. The molecule has 2 heteroatoms. The Morgan fingerprint density at radius 1 is 0.750 bits per heavy atom. The molecule has 0 aromatic carbocycles. The van der Waals surface area contributed by atoms with Crippen LogP contribution in [-0.2, 0) is 4.79 Å². The molecule has 0 spiro atoms. The second-order valence-electron chi connectivity index (χ2n) is 3.54. The third kappa shape index (κ3) is 2.95. The van der Waals surface area contributed by atoms with Crippen molar-refractivity contribution in [1.29, 1.82) is 0 Å². The lowest BCUT2D eigenvalue weighted by molar-refractivity contribution is -0.114. The van der Waals surface area contributed by atoms with Crippen molar-refractivity contribution < 1.29 is 4.79 Å². The zero-order valence-corrected chi connectivity index (χ0v) is 9.73. The SMILES string of the molecule is C=C(C)C(=C)C(=C)C(=C)C(=C)C(=C)C(N)=O. The smallest absolute Gasteiger partial charge is 0.248 e. The molecule has 0 saturated carbocycles. The van der Waals surface area contributed by atoms with E-state index in [1.165, 1.54) is 0 Å². The van der Waals surface area contributed by atoms with Gasteiger partial charge in [-0.3, -0.25) is 4.79 Å². The Bertz CT molecular complexity index is 396. The fourth-order valence-corrected chi connectivity index (χ4v) is 0.953. The van der Waals surface area contributed by atoms with Gasteiger partial charge in [0.15, 0.2) is 0 Å². The molecule has 0 fully saturated rings. The number of allylic oxidation sites excluding steroid dienone is 4. The van der Waals surface area contributed by atoms with Crippen LogP contribution in [0.4, 0.5) is 0 Å². The van der Waals surface area contributed by atoms with Crippen molar-refractivity contribution in [3.05, 3.63) is 72.9 Å². The lowest BCUT2D eigenvalue weighted by Gasteiger charge is -2.14. The Balaban J connectivity index is 4.97. The first-order chi connectivity index (χ1) is 7.20. The van der Waals surface area contributed by atoms with Crippen molar-refractivity contribution >= 4 is 5.91 Å². The van der Waals surface area contributed by atoms with Gasteiger partial charge in [-0.05, 0) is 29.2 Å². The highest BCUT2D eigenvalue weighted by Crippen LogP contribution is 2.27. The predicted octanol–water partition coefficient (Wildman–Crippen LogP) is 2.83. The van der Waals surface area contributed by atoms with Crippen LogP contribution in [0.2, 0.25) is 0 Å². The summed E-state index contributed by atoms with van der Waals surface area (Å²) in [6.45, 7) is 24.2. The summed E-state index contributed by atoms with van der Waals surface area (Å²) in [5, 5.41) is 0. The number of hydrogen-bond donors (Lipinski definition) is 1. The zero-order chi connectivity index (χ0) is 13.0. The minimum absolute atomic E-state index is 0.126. The molecule has 2 N–H and O–H groups in total. The monoisotopic (exact) mass is 215 g/mol. The van der Waals surface area contributed by atoms with Gasteiger partial charge in [0.2, 0.25) is 5.91 Å². The second kappa shape index (κ2) is 5.12. The highest BCUT2D eigenvalue weighted by Gasteiger charge is 2.13. The van der Waals surface area contributed by atoms with Crippen LogP contribution in [0.25, 0.3) is 0 Å². The topological polar surface area (TPSA) is 43.1 Å². The fraction of sp³-hybridized carbons (Fsp3) is 0.0714. The van der Waals surface area contributed by atoms with Gasteiger partial charge in [-0.1, -0.05) is 45.0 Å². The van der Waals surface area contributed by atoms with Crippen molar-refractivity contribution in [3.8, 4) is 0 Å². The third-order valence-electron chi connectivity index (χ3n) is 2.27. The van der Waals surface area contributed by atoms with Crippen molar-refractivity contribution in [2.75, 3.05) is 0 Å². The molecule has 0 bridgehead atoms. The number of primary amides is 1. The van der Waals surface area contributed by atoms with Gasteiger partial charge >= 0.3 is 0 Å². The van der Waals surface area contributed by atoms with E-state index in [0.717, 1.165) is 5.57 Å². The molecule has 0 aromatic rings. The molecular formula is C14H17NO. The Hall–Kier alpha value is -2.09. The minimum atomic E-state index is -0.625. The van der Waals surface area contributed by atoms with Gasteiger partial charge in [-0.15, -0.1) is 0 Å². The number of carbonyl (C=O) groups is 1. The Morgan fingerprint density at radius 3 is 1.38 bits per heavy atom. The van der Waals surface area contributed by atoms with Crippen LogP contribution < -0.4 is 5.73 Å². The van der Waals surface area contributed by atoms with Gasteiger partial charge in [-0.25, -0.2) is 0 Å². The van der Waals surface area contributed by atoms with Crippen LogP contribution in [-0.4, -0.2) is 5.91 Å². The van der Waals surface area contributed by atoms with Gasteiger partial charge in [0.1, 0.15) is 0 Å². The van der Waals surface area contributed by atoms with Crippen LogP contribution in [0.1, 0.15) is 6.92 Å². The standard InChI is InChI=1S/C14H17NO/c1-8(2)9(3)10(4)11(5)12(6)13(7)14(15)16/h1,3-7H2,2H3,(H2,15,16). The summed E-state index contributed by atoms with van der Waals surface area (Å²) in [7, 11) is 0. The highest BCUT2D eigenvalue weighted by atomic mass is 16.1. The first-order valence-corrected chi connectivity index (χ1v) is 4.61. The van der Waals surface area contributed by atoms with E-state index in [-0.39, 0.29) is 5.57 Å². The van der Waals surface area contributed by atoms with E-state index in [1.54, 1.807) is 0 Å². The lowest BCUT2D eigenvalue weighted by atomic mass is 9.90. The van der Waals surface area contributed by atoms with Crippen molar-refractivity contribution in [2.24, 2.45) is 5.73 Å². The molecule has 0 aromatic heterocycles. The summed E-state index contributed by atoms with van der Waals surface area (Å²) in [5.41, 5.74) is 8.13. The molecule has 0 unspecified atom stereocenters. The summed E-state index contributed by atoms with van der Waals surface area (Å²) in [5.74, 6) is -0.625. The van der Waals surface area contributed by atoms with Gasteiger partial charge in [-0.2, -0.15) is 0 Å². The molecule has 84 valence electrons. The van der Waals surface area contributed by atoms with E-state index in [1.807, 2.05) is 6.92 Å². The first kappa shape index (κ1) is 13.9. The second-order valence-corrected chi connectivity index (χ2v) is 3.54. The fourth-order valence-electron chi connectivity index (χ4n) is 0.953. The normalized spacial score (nSPS) is 9.06. The predicted molar refractivity (Wildman–Crippen MR) is 69.7 cm³/mol. The Kier molecular flexibility index (Phi) is 4.45. The maximum atomic E-state index is 10.9. The molecule has 0 rings (SSSR count). The summed E-state index contributed by atoms with van der Waals surface area (Å²) >= 11 is 0. The molecular weight excluding hydrogens is 198 g/mol. The van der Waals surface area contributed by atoms with Crippen molar-refractivity contribution in [2.45, 2.75) is 6.92 Å². The van der Waals surface area contributed by atoms with Crippen molar-refractivity contribution in [3.63, 3.8) is 0 Å². The van der Waals surface area contributed by atoms with E-state index in [0.29, 0.717) is 22.3 Å². The maximum absolute atomic E-state index is 10.9. The number of hydrogen-bond acceptors (Lipinski definition) is 1. The van der Waals surface area contributed by atoms with Gasteiger partial charge < -0.3 is 5.73 Å². The van der Waals surface area contributed by atoms with Crippen LogP contribution >= 0.6 is 0 Å². The number of amides is 1. The van der Waals surface area contributed by atoms with E-state index >= 15 is 0 Å². The first-order valence-electron chi connectivity index (χ1n) is 4.61. The average Bonchev–Trinajstić information content (AvgIpc) is 2.23. The zero-order valence-electron chi connectivity index (χ0n) is 9.73. The van der Waals surface area contributed by atoms with E-state index in [9.17, 15) is 4.79 Å². The maximum Gasteiger partial charge on any atom is 0.248 e. The highest BCUT2D eigenvalue weighted by molar-refractivity contribution is 5.97. The molecule has 0 heterocycles. The summed E-state index contributed by atoms with van der Waals surface area (Å²) < 4.78 is 0. The molecule has 16 heavy (non-hydrogen) atoms. The molecule has 0 radical (unpaired) electrons. The molecule has 0 aliphatic rings. The summed E-state index contributed by atoms with van der Waals surface area (Å²) in [6, 6.07) is 0. The molecule has 0 saturated heterocycles.